The van der Waals surface area contributed by atoms with Crippen LogP contribution in [0.2, 0.25) is 0 Å². The molecule has 0 aliphatic carbocycles. The summed E-state index contributed by atoms with van der Waals surface area (Å²) in [6, 6.07) is 5.75. The number of likely N-dealkylation sites (tertiary alicyclic amines) is 1. The molecule has 0 radical (unpaired) electrons. The number of hydrogen-bond donors (Lipinski definition) is 1. The van der Waals surface area contributed by atoms with Gasteiger partial charge in [0.15, 0.2) is 0 Å². The Balaban J connectivity index is 1.48. The van der Waals surface area contributed by atoms with Gasteiger partial charge in [-0.05, 0) is 43.0 Å². The van der Waals surface area contributed by atoms with Gasteiger partial charge in [-0.1, -0.05) is 0 Å². The Morgan fingerprint density at radius 3 is 2.81 bits per heavy atom. The molecule has 0 aromatic heterocycles. The number of rotatable bonds is 2. The molecule has 3 aliphatic rings. The van der Waals surface area contributed by atoms with Gasteiger partial charge in [-0.3, -0.25) is 14.4 Å². The molecule has 0 spiro atoms. The third-order valence-electron chi connectivity index (χ3n) is 5.85. The van der Waals surface area contributed by atoms with E-state index in [0.29, 0.717) is 31.7 Å². The Morgan fingerprint density at radius 1 is 1.19 bits per heavy atom. The lowest BCUT2D eigenvalue weighted by molar-refractivity contribution is -0.135. The molecule has 3 heterocycles. The number of benzene rings is 1. The normalized spacial score (nSPS) is 22.8. The van der Waals surface area contributed by atoms with E-state index in [1.165, 1.54) is 0 Å². The summed E-state index contributed by atoms with van der Waals surface area (Å²) in [5.74, 6) is 0.182. The second kappa shape index (κ2) is 7.31. The average Bonchev–Trinajstić information content (AvgIpc) is 3.11. The van der Waals surface area contributed by atoms with Crippen LogP contribution in [0.4, 0.5) is 5.69 Å². The van der Waals surface area contributed by atoms with Crippen molar-refractivity contribution in [1.29, 1.82) is 0 Å². The van der Waals surface area contributed by atoms with Crippen molar-refractivity contribution in [2.75, 3.05) is 44.2 Å². The largest absolute Gasteiger partial charge is 0.337 e. The van der Waals surface area contributed by atoms with Gasteiger partial charge in [0, 0.05) is 56.9 Å². The van der Waals surface area contributed by atoms with Crippen molar-refractivity contribution in [2.24, 2.45) is 0 Å². The van der Waals surface area contributed by atoms with Crippen LogP contribution < -0.4 is 10.2 Å². The summed E-state index contributed by atoms with van der Waals surface area (Å²) in [6.45, 7) is 5.49. The number of hydrogen-bond acceptors (Lipinski definition) is 4. The van der Waals surface area contributed by atoms with Crippen molar-refractivity contribution >= 4 is 23.4 Å². The maximum atomic E-state index is 13.1. The van der Waals surface area contributed by atoms with Gasteiger partial charge in [-0.2, -0.15) is 0 Å². The molecule has 3 amide bonds. The number of nitrogens with zero attached hydrogens (tertiary/aromatic N) is 3. The molecule has 1 N–H and O–H groups in total. The van der Waals surface area contributed by atoms with Crippen molar-refractivity contribution in [1.82, 2.24) is 15.1 Å². The summed E-state index contributed by atoms with van der Waals surface area (Å²) in [6.07, 6.45) is 2.65. The van der Waals surface area contributed by atoms with E-state index in [1.807, 2.05) is 28.0 Å². The van der Waals surface area contributed by atoms with Gasteiger partial charge in [0.25, 0.3) is 5.91 Å². The molecule has 1 aromatic rings. The monoisotopic (exact) mass is 370 g/mol. The lowest BCUT2D eigenvalue weighted by Gasteiger charge is -2.41. The fourth-order valence-electron chi connectivity index (χ4n) is 4.45. The molecule has 3 aliphatic heterocycles. The Labute approximate surface area is 159 Å². The van der Waals surface area contributed by atoms with E-state index in [2.05, 4.69) is 5.32 Å². The molecule has 0 bridgehead atoms. The van der Waals surface area contributed by atoms with Gasteiger partial charge in [0.1, 0.15) is 0 Å². The fraction of sp³-hybridized carbons (Fsp3) is 0.550. The van der Waals surface area contributed by atoms with E-state index in [0.717, 1.165) is 43.6 Å². The van der Waals surface area contributed by atoms with Crippen LogP contribution in [-0.4, -0.2) is 72.8 Å². The Bertz CT molecular complexity index is 778. The van der Waals surface area contributed by atoms with Gasteiger partial charge in [0.2, 0.25) is 11.8 Å². The van der Waals surface area contributed by atoms with Crippen LogP contribution in [0.1, 0.15) is 35.7 Å². The highest BCUT2D eigenvalue weighted by Gasteiger charge is 2.32. The third kappa shape index (κ3) is 3.43. The standard InChI is InChI=1S/C20H26N4O3/c1-14(25)23-9-6-15-11-16(4-5-18(15)23)20(27)22-8-2-3-17(13-22)24-10-7-21-12-19(24)26/h4-5,11,17,21H,2-3,6-10,12-13H2,1H3. The molecule has 1 aromatic carbocycles. The van der Waals surface area contributed by atoms with Crippen molar-refractivity contribution in [3.05, 3.63) is 29.3 Å². The first-order valence-electron chi connectivity index (χ1n) is 9.75. The summed E-state index contributed by atoms with van der Waals surface area (Å²) in [7, 11) is 0. The van der Waals surface area contributed by atoms with Crippen LogP contribution >= 0.6 is 0 Å². The predicted octanol–water partition coefficient (Wildman–Crippen LogP) is 0.632. The zero-order valence-electron chi connectivity index (χ0n) is 15.7. The molecular weight excluding hydrogens is 344 g/mol. The fourth-order valence-corrected chi connectivity index (χ4v) is 4.45. The molecule has 7 nitrogen and oxygen atoms in total. The van der Waals surface area contributed by atoms with Crippen LogP contribution in [0.5, 0.6) is 0 Å². The molecule has 0 saturated carbocycles. The summed E-state index contributed by atoms with van der Waals surface area (Å²) < 4.78 is 0. The second-order valence-electron chi connectivity index (χ2n) is 7.58. The smallest absolute Gasteiger partial charge is 0.253 e. The molecule has 1 unspecified atom stereocenters. The van der Waals surface area contributed by atoms with Crippen LogP contribution in [0, 0.1) is 0 Å². The van der Waals surface area contributed by atoms with E-state index >= 15 is 0 Å². The number of anilines is 1. The quantitative estimate of drug-likeness (QED) is 0.829. The summed E-state index contributed by atoms with van der Waals surface area (Å²) in [5, 5.41) is 3.10. The highest BCUT2D eigenvalue weighted by atomic mass is 16.2. The van der Waals surface area contributed by atoms with E-state index in [4.69, 9.17) is 0 Å². The molecule has 4 rings (SSSR count). The maximum absolute atomic E-state index is 13.1. The van der Waals surface area contributed by atoms with Crippen LogP contribution in [-0.2, 0) is 16.0 Å². The molecule has 2 saturated heterocycles. The topological polar surface area (TPSA) is 73.0 Å². The number of nitrogens with one attached hydrogen (secondary N) is 1. The SMILES string of the molecule is CC(=O)N1CCc2cc(C(=O)N3CCCC(N4CCNCC4=O)C3)ccc21. The molecule has 1 atom stereocenters. The molecule has 27 heavy (non-hydrogen) atoms. The van der Waals surface area contributed by atoms with E-state index in [1.54, 1.807) is 11.8 Å². The second-order valence-corrected chi connectivity index (χ2v) is 7.58. The number of piperidine rings is 1. The first-order valence-corrected chi connectivity index (χ1v) is 9.75. The van der Waals surface area contributed by atoms with Crippen molar-refractivity contribution in [3.8, 4) is 0 Å². The van der Waals surface area contributed by atoms with Gasteiger partial charge >= 0.3 is 0 Å². The van der Waals surface area contributed by atoms with Crippen molar-refractivity contribution < 1.29 is 14.4 Å². The average molecular weight is 370 g/mol. The van der Waals surface area contributed by atoms with Crippen LogP contribution in [0.25, 0.3) is 0 Å². The molecular formula is C20H26N4O3. The zero-order valence-corrected chi connectivity index (χ0v) is 15.7. The van der Waals surface area contributed by atoms with Gasteiger partial charge in [-0.25, -0.2) is 0 Å². The zero-order chi connectivity index (χ0) is 19.0. The summed E-state index contributed by atoms with van der Waals surface area (Å²) in [5.41, 5.74) is 2.65. The van der Waals surface area contributed by atoms with Crippen molar-refractivity contribution in [3.63, 3.8) is 0 Å². The minimum atomic E-state index is 0.0198. The van der Waals surface area contributed by atoms with E-state index in [9.17, 15) is 14.4 Å². The van der Waals surface area contributed by atoms with Crippen molar-refractivity contribution in [2.45, 2.75) is 32.2 Å². The number of fused-ring (bicyclic) bond motifs is 1. The molecule has 2 fully saturated rings. The Morgan fingerprint density at radius 2 is 2.04 bits per heavy atom. The van der Waals surface area contributed by atoms with Crippen LogP contribution in [0.3, 0.4) is 0 Å². The molecule has 144 valence electrons. The number of carbonyl (C=O) groups excluding carboxylic acids is 3. The van der Waals surface area contributed by atoms with Gasteiger partial charge in [0.05, 0.1) is 6.54 Å². The number of carbonyl (C=O) groups is 3. The summed E-state index contributed by atoms with van der Waals surface area (Å²) >= 11 is 0. The highest BCUT2D eigenvalue weighted by Crippen LogP contribution is 2.29. The first kappa shape index (κ1) is 18.0. The predicted molar refractivity (Wildman–Crippen MR) is 102 cm³/mol. The lowest BCUT2D eigenvalue weighted by Crippen LogP contribution is -2.57. The van der Waals surface area contributed by atoms with Gasteiger partial charge in [-0.15, -0.1) is 0 Å². The summed E-state index contributed by atoms with van der Waals surface area (Å²) in [4.78, 5) is 42.5. The highest BCUT2D eigenvalue weighted by molar-refractivity contribution is 5.98. The third-order valence-corrected chi connectivity index (χ3v) is 5.85. The minimum Gasteiger partial charge on any atom is -0.337 e. The first-order chi connectivity index (χ1) is 13.0. The Hall–Kier alpha value is -2.41. The van der Waals surface area contributed by atoms with Gasteiger partial charge < -0.3 is 20.0 Å². The van der Waals surface area contributed by atoms with E-state index in [-0.39, 0.29) is 23.8 Å². The number of amides is 3. The van der Waals surface area contributed by atoms with Crippen LogP contribution in [0.15, 0.2) is 18.2 Å². The lowest BCUT2D eigenvalue weighted by atomic mass is 10.0. The maximum Gasteiger partial charge on any atom is 0.253 e. The minimum absolute atomic E-state index is 0.0198. The Kier molecular flexibility index (Phi) is 4.86. The van der Waals surface area contributed by atoms with E-state index < -0.39 is 0 Å². The molecule has 7 heteroatoms. The number of piperazine rings is 1.